The van der Waals surface area contributed by atoms with Crippen LogP contribution in [0.5, 0.6) is 0 Å². The molecule has 6 nitrogen and oxygen atoms in total. The Balaban J connectivity index is 2.34. The zero-order valence-electron chi connectivity index (χ0n) is 8.63. The Bertz CT molecular complexity index is 251. The molecule has 0 aromatic carbocycles. The van der Waals surface area contributed by atoms with Gasteiger partial charge in [-0.05, 0) is 0 Å². The first-order valence-corrected chi connectivity index (χ1v) is 4.63. The number of ether oxygens (including phenoxy) is 3. The van der Waals surface area contributed by atoms with E-state index in [9.17, 15) is 14.7 Å². The van der Waals surface area contributed by atoms with Gasteiger partial charge in [0.05, 0.1) is 6.10 Å². The lowest BCUT2D eigenvalue weighted by Crippen LogP contribution is -2.25. The Kier molecular flexibility index (Phi) is 4.05. The maximum atomic E-state index is 10.6. The molecule has 0 spiro atoms. The van der Waals surface area contributed by atoms with Gasteiger partial charge in [-0.15, -0.1) is 0 Å². The summed E-state index contributed by atoms with van der Waals surface area (Å²) >= 11 is 0. The van der Waals surface area contributed by atoms with Gasteiger partial charge >= 0.3 is 11.9 Å². The lowest BCUT2D eigenvalue weighted by Gasteiger charge is -2.11. The lowest BCUT2D eigenvalue weighted by molar-refractivity contribution is -0.170. The fraction of sp³-hybridized carbons (Fsp3) is 0.778. The zero-order valence-corrected chi connectivity index (χ0v) is 8.63. The molecule has 1 aliphatic heterocycles. The largest absolute Gasteiger partial charge is 0.463 e. The molecule has 0 bridgehead atoms. The highest BCUT2D eigenvalue weighted by Gasteiger charge is 2.36. The molecule has 1 fully saturated rings. The fourth-order valence-electron chi connectivity index (χ4n) is 1.35. The summed E-state index contributed by atoms with van der Waals surface area (Å²) in [6.45, 7) is 2.60. The number of hydrogen-bond donors (Lipinski definition) is 1. The number of carbonyl (C=O) groups is 2. The van der Waals surface area contributed by atoms with Crippen molar-refractivity contribution in [3.05, 3.63) is 0 Å². The molecule has 1 heterocycles. The molecule has 0 aliphatic carbocycles. The first kappa shape index (κ1) is 11.9. The quantitative estimate of drug-likeness (QED) is 0.648. The van der Waals surface area contributed by atoms with Crippen LogP contribution in [0.2, 0.25) is 0 Å². The monoisotopic (exact) mass is 218 g/mol. The van der Waals surface area contributed by atoms with Gasteiger partial charge in [-0.25, -0.2) is 0 Å². The van der Waals surface area contributed by atoms with Crippen LogP contribution in [0.1, 0.15) is 20.3 Å². The summed E-state index contributed by atoms with van der Waals surface area (Å²) < 4.78 is 14.5. The first-order valence-electron chi connectivity index (χ1n) is 4.63. The van der Waals surface area contributed by atoms with E-state index in [0.29, 0.717) is 6.42 Å². The number of aliphatic hydroxyl groups excluding tert-OH is 1. The molecule has 1 rings (SSSR count). The predicted molar refractivity (Wildman–Crippen MR) is 47.7 cm³/mol. The fourth-order valence-corrected chi connectivity index (χ4v) is 1.35. The SMILES string of the molecule is CC(=O)OC[C@@H]1CC(OC(C)=O)[C@H](O)O1. The molecule has 1 saturated heterocycles. The minimum Gasteiger partial charge on any atom is -0.463 e. The van der Waals surface area contributed by atoms with E-state index in [0.717, 1.165) is 0 Å². The second kappa shape index (κ2) is 5.09. The second-order valence-electron chi connectivity index (χ2n) is 3.33. The van der Waals surface area contributed by atoms with Crippen molar-refractivity contribution < 1.29 is 28.9 Å². The van der Waals surface area contributed by atoms with Crippen molar-refractivity contribution in [1.29, 1.82) is 0 Å². The summed E-state index contributed by atoms with van der Waals surface area (Å²) in [5.41, 5.74) is 0. The van der Waals surface area contributed by atoms with Crippen LogP contribution in [-0.2, 0) is 23.8 Å². The molecule has 1 unspecified atom stereocenters. The van der Waals surface area contributed by atoms with Gasteiger partial charge in [0.2, 0.25) is 0 Å². The highest BCUT2D eigenvalue weighted by Crippen LogP contribution is 2.21. The van der Waals surface area contributed by atoms with Crippen LogP contribution in [-0.4, -0.2) is 42.1 Å². The third-order valence-corrected chi connectivity index (χ3v) is 1.93. The maximum Gasteiger partial charge on any atom is 0.303 e. The minimum absolute atomic E-state index is 0.0597. The molecule has 1 N–H and O–H groups in total. The van der Waals surface area contributed by atoms with Gasteiger partial charge < -0.3 is 19.3 Å². The Morgan fingerprint density at radius 2 is 2.07 bits per heavy atom. The number of rotatable bonds is 3. The summed E-state index contributed by atoms with van der Waals surface area (Å²) in [6, 6.07) is 0. The van der Waals surface area contributed by atoms with Gasteiger partial charge in [0.25, 0.3) is 0 Å². The summed E-state index contributed by atoms with van der Waals surface area (Å²) in [5, 5.41) is 9.33. The standard InChI is InChI=1S/C9H14O6/c1-5(10)13-4-7-3-8(9(12)15-7)14-6(2)11/h7-9,12H,3-4H2,1-2H3/t7-,8?,9+/m0/s1. The van der Waals surface area contributed by atoms with Crippen LogP contribution in [0.25, 0.3) is 0 Å². The van der Waals surface area contributed by atoms with E-state index in [1.165, 1.54) is 13.8 Å². The molecule has 15 heavy (non-hydrogen) atoms. The Labute approximate surface area is 87.1 Å². The van der Waals surface area contributed by atoms with Crippen LogP contribution in [0.15, 0.2) is 0 Å². The highest BCUT2D eigenvalue weighted by atomic mass is 16.7. The third-order valence-electron chi connectivity index (χ3n) is 1.93. The molecule has 0 saturated carbocycles. The first-order chi connectivity index (χ1) is 6.99. The van der Waals surface area contributed by atoms with E-state index in [-0.39, 0.29) is 6.61 Å². The Morgan fingerprint density at radius 1 is 1.40 bits per heavy atom. The Morgan fingerprint density at radius 3 is 2.60 bits per heavy atom. The van der Waals surface area contributed by atoms with E-state index < -0.39 is 30.4 Å². The van der Waals surface area contributed by atoms with Crippen molar-refractivity contribution in [2.75, 3.05) is 6.61 Å². The molecule has 0 aromatic rings. The van der Waals surface area contributed by atoms with E-state index in [2.05, 4.69) is 0 Å². The normalized spacial score (nSPS) is 29.9. The second-order valence-corrected chi connectivity index (χ2v) is 3.33. The number of esters is 2. The molecule has 0 amide bonds. The van der Waals surface area contributed by atoms with Crippen LogP contribution in [0.4, 0.5) is 0 Å². The molecule has 3 atom stereocenters. The molecule has 0 aromatic heterocycles. The zero-order chi connectivity index (χ0) is 11.4. The molecular formula is C9H14O6. The topological polar surface area (TPSA) is 82.1 Å². The van der Waals surface area contributed by atoms with Crippen LogP contribution < -0.4 is 0 Å². The van der Waals surface area contributed by atoms with E-state index in [1.54, 1.807) is 0 Å². The summed E-state index contributed by atoms with van der Waals surface area (Å²) in [4.78, 5) is 21.2. The van der Waals surface area contributed by atoms with Crippen LogP contribution in [0.3, 0.4) is 0 Å². The summed E-state index contributed by atoms with van der Waals surface area (Å²) in [6.07, 6.45) is -1.92. The van der Waals surface area contributed by atoms with E-state index in [4.69, 9.17) is 14.2 Å². The van der Waals surface area contributed by atoms with Crippen molar-refractivity contribution in [3.8, 4) is 0 Å². The van der Waals surface area contributed by atoms with E-state index >= 15 is 0 Å². The van der Waals surface area contributed by atoms with Crippen molar-refractivity contribution >= 4 is 11.9 Å². The van der Waals surface area contributed by atoms with Gasteiger partial charge in [-0.1, -0.05) is 0 Å². The van der Waals surface area contributed by atoms with Crippen molar-refractivity contribution in [3.63, 3.8) is 0 Å². The molecule has 6 heteroatoms. The third kappa shape index (κ3) is 3.85. The lowest BCUT2D eigenvalue weighted by atomic mass is 10.2. The maximum absolute atomic E-state index is 10.6. The minimum atomic E-state index is -1.14. The van der Waals surface area contributed by atoms with E-state index in [1.807, 2.05) is 0 Å². The van der Waals surface area contributed by atoms with Crippen molar-refractivity contribution in [1.82, 2.24) is 0 Å². The number of carbonyl (C=O) groups excluding carboxylic acids is 2. The highest BCUT2D eigenvalue weighted by molar-refractivity contribution is 5.66. The predicted octanol–water partition coefficient (Wildman–Crippen LogP) is -0.412. The van der Waals surface area contributed by atoms with Gasteiger partial charge in [-0.2, -0.15) is 0 Å². The molecule has 86 valence electrons. The van der Waals surface area contributed by atoms with Gasteiger partial charge in [0.15, 0.2) is 12.4 Å². The number of aliphatic hydroxyl groups is 1. The Hall–Kier alpha value is -1.14. The summed E-state index contributed by atoms with van der Waals surface area (Å²) in [7, 11) is 0. The molecule has 0 radical (unpaired) electrons. The van der Waals surface area contributed by atoms with Crippen molar-refractivity contribution in [2.24, 2.45) is 0 Å². The number of hydrogen-bond acceptors (Lipinski definition) is 6. The van der Waals surface area contributed by atoms with Gasteiger partial charge in [0.1, 0.15) is 6.61 Å². The summed E-state index contributed by atoms with van der Waals surface area (Å²) in [5.74, 6) is -0.889. The van der Waals surface area contributed by atoms with Gasteiger partial charge in [-0.3, -0.25) is 9.59 Å². The van der Waals surface area contributed by atoms with Gasteiger partial charge in [0, 0.05) is 20.3 Å². The van der Waals surface area contributed by atoms with Crippen LogP contribution >= 0.6 is 0 Å². The molecular weight excluding hydrogens is 204 g/mol. The average Bonchev–Trinajstić information content (AvgIpc) is 2.43. The molecule has 1 aliphatic rings. The average molecular weight is 218 g/mol. The smallest absolute Gasteiger partial charge is 0.303 e. The van der Waals surface area contributed by atoms with Crippen molar-refractivity contribution in [2.45, 2.75) is 38.8 Å². The van der Waals surface area contributed by atoms with Crippen LogP contribution in [0, 0.1) is 0 Å².